The first-order chi connectivity index (χ1) is 12.4. The summed E-state index contributed by atoms with van der Waals surface area (Å²) in [5, 5.41) is 31.3. The number of amides is 1. The standard InChI is InChI=1S/C18H14Br2N2O4/c1-2-26-14-8-10(15(19)16(20)17(14)24)7-11(9-21)18(25)22-12-3-5-13(23)6-4-12/h3-8,23-24H,2H2,1H3,(H,22,25). The number of hydrogen-bond acceptors (Lipinski definition) is 5. The molecule has 0 saturated heterocycles. The number of rotatable bonds is 5. The van der Waals surface area contributed by atoms with Crippen LogP contribution in [0.15, 0.2) is 44.9 Å². The third kappa shape index (κ3) is 4.56. The minimum absolute atomic E-state index is 0.0698. The van der Waals surface area contributed by atoms with Gasteiger partial charge in [0.1, 0.15) is 17.4 Å². The number of anilines is 1. The molecule has 0 radical (unpaired) electrons. The minimum atomic E-state index is -0.604. The molecule has 0 spiro atoms. The molecule has 0 unspecified atom stereocenters. The molecule has 0 saturated carbocycles. The van der Waals surface area contributed by atoms with Gasteiger partial charge in [0.15, 0.2) is 11.5 Å². The fraction of sp³-hybridized carbons (Fsp3) is 0.111. The van der Waals surface area contributed by atoms with E-state index in [0.29, 0.717) is 26.8 Å². The first-order valence-corrected chi connectivity index (χ1v) is 9.01. The first kappa shape index (κ1) is 19.8. The smallest absolute Gasteiger partial charge is 0.266 e. The van der Waals surface area contributed by atoms with Gasteiger partial charge in [-0.3, -0.25) is 4.79 Å². The van der Waals surface area contributed by atoms with E-state index in [1.54, 1.807) is 6.92 Å². The highest BCUT2D eigenvalue weighted by molar-refractivity contribution is 9.13. The summed E-state index contributed by atoms with van der Waals surface area (Å²) >= 11 is 6.57. The topological polar surface area (TPSA) is 103 Å². The Hall–Kier alpha value is -2.50. The average Bonchev–Trinajstić information content (AvgIpc) is 2.63. The van der Waals surface area contributed by atoms with E-state index in [0.717, 1.165) is 0 Å². The lowest BCUT2D eigenvalue weighted by atomic mass is 10.1. The van der Waals surface area contributed by atoms with Crippen LogP contribution in [0.4, 0.5) is 5.69 Å². The van der Waals surface area contributed by atoms with Crippen LogP contribution >= 0.6 is 31.9 Å². The zero-order valence-electron chi connectivity index (χ0n) is 13.6. The van der Waals surface area contributed by atoms with Crippen LogP contribution in [0, 0.1) is 11.3 Å². The number of nitrogens with one attached hydrogen (secondary N) is 1. The van der Waals surface area contributed by atoms with Crippen LogP contribution in [0.3, 0.4) is 0 Å². The number of nitriles is 1. The highest BCUT2D eigenvalue weighted by atomic mass is 79.9. The molecule has 2 aromatic carbocycles. The van der Waals surface area contributed by atoms with Gasteiger partial charge < -0.3 is 20.3 Å². The summed E-state index contributed by atoms with van der Waals surface area (Å²) in [6.07, 6.45) is 1.38. The number of nitrogens with zero attached hydrogens (tertiary/aromatic N) is 1. The second-order valence-corrected chi connectivity index (χ2v) is 6.63. The van der Waals surface area contributed by atoms with Crippen molar-refractivity contribution in [2.24, 2.45) is 0 Å². The van der Waals surface area contributed by atoms with E-state index in [2.05, 4.69) is 37.2 Å². The molecule has 3 N–H and O–H groups in total. The van der Waals surface area contributed by atoms with Gasteiger partial charge in [0.05, 0.1) is 11.1 Å². The van der Waals surface area contributed by atoms with Gasteiger partial charge >= 0.3 is 0 Å². The Morgan fingerprint density at radius 1 is 1.27 bits per heavy atom. The second kappa shape index (κ2) is 8.74. The monoisotopic (exact) mass is 480 g/mol. The Balaban J connectivity index is 2.37. The van der Waals surface area contributed by atoms with Crippen LogP contribution < -0.4 is 10.1 Å². The Morgan fingerprint density at radius 3 is 2.50 bits per heavy atom. The molecular weight excluding hydrogens is 468 g/mol. The molecule has 2 rings (SSSR count). The van der Waals surface area contributed by atoms with Gasteiger partial charge in [-0.05, 0) is 80.8 Å². The van der Waals surface area contributed by atoms with E-state index in [1.165, 1.54) is 36.4 Å². The molecule has 1 amide bonds. The van der Waals surface area contributed by atoms with Gasteiger partial charge in [0.25, 0.3) is 5.91 Å². The lowest BCUT2D eigenvalue weighted by Crippen LogP contribution is -2.13. The predicted octanol–water partition coefficient (Wildman–Crippen LogP) is 4.57. The van der Waals surface area contributed by atoms with E-state index in [-0.39, 0.29) is 22.8 Å². The quantitative estimate of drug-likeness (QED) is 0.330. The largest absolute Gasteiger partial charge is 0.508 e. The van der Waals surface area contributed by atoms with Crippen LogP contribution in [0.5, 0.6) is 17.2 Å². The first-order valence-electron chi connectivity index (χ1n) is 7.43. The van der Waals surface area contributed by atoms with Crippen molar-refractivity contribution in [3.05, 3.63) is 50.4 Å². The molecule has 0 heterocycles. The van der Waals surface area contributed by atoms with E-state index in [4.69, 9.17) is 4.74 Å². The van der Waals surface area contributed by atoms with Gasteiger partial charge in [-0.2, -0.15) is 5.26 Å². The van der Waals surface area contributed by atoms with E-state index < -0.39 is 5.91 Å². The molecule has 0 fully saturated rings. The van der Waals surface area contributed by atoms with Crippen LogP contribution in [0.2, 0.25) is 0 Å². The lowest BCUT2D eigenvalue weighted by molar-refractivity contribution is -0.112. The van der Waals surface area contributed by atoms with E-state index >= 15 is 0 Å². The normalized spacial score (nSPS) is 10.9. The lowest BCUT2D eigenvalue weighted by Gasteiger charge is -2.11. The number of halogens is 2. The number of carbonyl (C=O) groups is 1. The Morgan fingerprint density at radius 2 is 1.92 bits per heavy atom. The number of phenolic OH excluding ortho intramolecular Hbond substituents is 2. The van der Waals surface area contributed by atoms with Crippen molar-refractivity contribution in [3.8, 4) is 23.3 Å². The van der Waals surface area contributed by atoms with Crippen LogP contribution in [0.1, 0.15) is 12.5 Å². The molecule has 0 aliphatic rings. The Kier molecular flexibility index (Phi) is 6.66. The maximum absolute atomic E-state index is 12.3. The number of phenols is 2. The average molecular weight is 482 g/mol. The summed E-state index contributed by atoms with van der Waals surface area (Å²) in [7, 11) is 0. The van der Waals surface area contributed by atoms with Crippen molar-refractivity contribution < 1.29 is 19.7 Å². The van der Waals surface area contributed by atoms with E-state index in [1.807, 2.05) is 6.07 Å². The van der Waals surface area contributed by atoms with Crippen molar-refractivity contribution in [1.82, 2.24) is 0 Å². The Bertz CT molecular complexity index is 903. The van der Waals surface area contributed by atoms with Crippen LogP contribution in [-0.4, -0.2) is 22.7 Å². The second-order valence-electron chi connectivity index (χ2n) is 5.04. The molecular formula is C18H14Br2N2O4. The van der Waals surface area contributed by atoms with Gasteiger partial charge in [0.2, 0.25) is 0 Å². The highest BCUT2D eigenvalue weighted by Gasteiger charge is 2.16. The Labute approximate surface area is 167 Å². The maximum Gasteiger partial charge on any atom is 0.266 e. The van der Waals surface area contributed by atoms with Gasteiger partial charge in [-0.1, -0.05) is 0 Å². The van der Waals surface area contributed by atoms with Crippen molar-refractivity contribution in [3.63, 3.8) is 0 Å². The van der Waals surface area contributed by atoms with Crippen molar-refractivity contribution in [2.45, 2.75) is 6.92 Å². The van der Waals surface area contributed by atoms with E-state index in [9.17, 15) is 20.3 Å². The molecule has 134 valence electrons. The molecule has 0 aliphatic carbocycles. The number of carbonyl (C=O) groups excluding carboxylic acids is 1. The summed E-state index contributed by atoms with van der Waals surface area (Å²) in [6, 6.07) is 9.26. The van der Waals surface area contributed by atoms with Gasteiger partial charge in [0, 0.05) is 10.2 Å². The van der Waals surface area contributed by atoms with Gasteiger partial charge in [-0.15, -0.1) is 0 Å². The molecule has 26 heavy (non-hydrogen) atoms. The van der Waals surface area contributed by atoms with Crippen molar-refractivity contribution in [2.75, 3.05) is 11.9 Å². The predicted molar refractivity (Wildman–Crippen MR) is 105 cm³/mol. The summed E-state index contributed by atoms with van der Waals surface area (Å²) in [4.78, 5) is 12.3. The number of benzene rings is 2. The summed E-state index contributed by atoms with van der Waals surface area (Å²) < 4.78 is 6.19. The number of hydrogen-bond donors (Lipinski definition) is 3. The highest BCUT2D eigenvalue weighted by Crippen LogP contribution is 2.42. The number of aromatic hydroxyl groups is 2. The van der Waals surface area contributed by atoms with Crippen LogP contribution in [-0.2, 0) is 4.79 Å². The zero-order valence-corrected chi connectivity index (χ0v) is 16.8. The molecule has 0 bridgehead atoms. The summed E-state index contributed by atoms with van der Waals surface area (Å²) in [6.45, 7) is 2.12. The molecule has 2 aromatic rings. The fourth-order valence-corrected chi connectivity index (χ4v) is 2.87. The SMILES string of the molecule is CCOc1cc(C=C(C#N)C(=O)Nc2ccc(O)cc2)c(Br)c(Br)c1O. The van der Waals surface area contributed by atoms with Gasteiger partial charge in [-0.25, -0.2) is 0 Å². The molecule has 0 aromatic heterocycles. The molecule has 6 nitrogen and oxygen atoms in total. The third-order valence-electron chi connectivity index (χ3n) is 3.26. The summed E-state index contributed by atoms with van der Waals surface area (Å²) in [5.41, 5.74) is 0.782. The van der Waals surface area contributed by atoms with Crippen molar-refractivity contribution in [1.29, 1.82) is 5.26 Å². The molecule has 8 heteroatoms. The van der Waals surface area contributed by atoms with Crippen LogP contribution in [0.25, 0.3) is 6.08 Å². The molecule has 0 atom stereocenters. The number of ether oxygens (including phenoxy) is 1. The summed E-state index contributed by atoms with van der Waals surface area (Å²) in [5.74, 6) is -0.388. The fourth-order valence-electron chi connectivity index (χ4n) is 2.03. The zero-order chi connectivity index (χ0) is 19.3. The minimum Gasteiger partial charge on any atom is -0.508 e. The maximum atomic E-state index is 12.3. The third-order valence-corrected chi connectivity index (χ3v) is 5.42. The van der Waals surface area contributed by atoms with Crippen molar-refractivity contribution >= 4 is 49.5 Å². The molecule has 0 aliphatic heterocycles.